The van der Waals surface area contributed by atoms with Crippen LogP contribution in [0, 0.1) is 0 Å². The molecule has 1 N–H and O–H groups in total. The van der Waals surface area contributed by atoms with E-state index in [9.17, 15) is 13.2 Å². The molecule has 0 aromatic heterocycles. The Bertz CT molecular complexity index is 542. The number of nitrogens with zero attached hydrogens (tertiary/aromatic N) is 1. The molecule has 1 saturated heterocycles. The molecule has 0 amide bonds. The summed E-state index contributed by atoms with van der Waals surface area (Å²) in [5.74, 6) is 0.309. The molecule has 21 heavy (non-hydrogen) atoms. The monoisotopic (exact) mass is 300 g/mol. The fraction of sp³-hybridized carbons (Fsp3) is 0.600. The molecular weight excluding hydrogens is 281 g/mol. The summed E-state index contributed by atoms with van der Waals surface area (Å²) in [5.41, 5.74) is 0.616. The summed E-state index contributed by atoms with van der Waals surface area (Å²) in [6.07, 6.45) is -4.49. The smallest absolute Gasteiger partial charge is 0.416 e. The minimum Gasteiger partial charge on any atom is -0.491 e. The first-order valence-corrected chi connectivity index (χ1v) is 7.21. The lowest BCUT2D eigenvalue weighted by Crippen LogP contribution is -2.42. The van der Waals surface area contributed by atoms with Crippen LogP contribution in [0.4, 0.5) is 13.2 Å². The van der Waals surface area contributed by atoms with Crippen molar-refractivity contribution in [2.75, 3.05) is 19.6 Å². The van der Waals surface area contributed by atoms with Crippen LogP contribution in [0.25, 0.3) is 0 Å². The molecule has 1 fully saturated rings. The highest BCUT2D eigenvalue weighted by Gasteiger charge is 2.41. The van der Waals surface area contributed by atoms with Gasteiger partial charge in [-0.3, -0.25) is 4.90 Å². The van der Waals surface area contributed by atoms with E-state index in [2.05, 4.69) is 10.2 Å². The van der Waals surface area contributed by atoms with E-state index in [-0.39, 0.29) is 12.1 Å². The summed E-state index contributed by atoms with van der Waals surface area (Å²) in [4.78, 5) is 2.11. The number of hydrogen-bond acceptors (Lipinski definition) is 3. The van der Waals surface area contributed by atoms with Crippen molar-refractivity contribution in [3.05, 3.63) is 28.8 Å². The van der Waals surface area contributed by atoms with E-state index in [1.807, 2.05) is 13.8 Å². The van der Waals surface area contributed by atoms with Gasteiger partial charge in [-0.1, -0.05) is 0 Å². The Labute approximate surface area is 122 Å². The third kappa shape index (κ3) is 2.74. The number of rotatable bonds is 2. The molecular formula is C15H19F3N2O. The first-order chi connectivity index (χ1) is 9.86. The quantitative estimate of drug-likeness (QED) is 0.909. The van der Waals surface area contributed by atoms with Crippen LogP contribution in [0.15, 0.2) is 12.1 Å². The van der Waals surface area contributed by atoms with E-state index in [1.54, 1.807) is 6.07 Å². The average Bonchev–Trinajstić information content (AvgIpc) is 2.74. The van der Waals surface area contributed by atoms with Crippen molar-refractivity contribution in [1.29, 1.82) is 0 Å². The van der Waals surface area contributed by atoms with Gasteiger partial charge in [0.2, 0.25) is 0 Å². The molecule has 0 radical (unpaired) electrons. The Balaban J connectivity index is 2.07. The Hall–Kier alpha value is -1.27. The van der Waals surface area contributed by atoms with Gasteiger partial charge in [0.25, 0.3) is 0 Å². The number of alkyl halides is 3. The summed E-state index contributed by atoms with van der Waals surface area (Å²) < 4.78 is 45.6. The summed E-state index contributed by atoms with van der Waals surface area (Å²) in [7, 11) is 0. The van der Waals surface area contributed by atoms with Gasteiger partial charge in [0.1, 0.15) is 5.75 Å². The van der Waals surface area contributed by atoms with Crippen LogP contribution in [0.1, 0.15) is 36.6 Å². The normalized spacial score (nSPS) is 22.3. The van der Waals surface area contributed by atoms with E-state index in [4.69, 9.17) is 4.74 Å². The van der Waals surface area contributed by atoms with Gasteiger partial charge in [-0.2, -0.15) is 13.2 Å². The lowest BCUT2D eigenvalue weighted by molar-refractivity contribution is -0.138. The molecule has 0 bridgehead atoms. The Morgan fingerprint density at radius 1 is 1.33 bits per heavy atom. The molecule has 6 heteroatoms. The van der Waals surface area contributed by atoms with Crippen LogP contribution in [-0.4, -0.2) is 30.6 Å². The standard InChI is InChI=1S/C15H19F3N2O/c1-9(2)21-10-5-11-12(13(6-10)15(16,17)18)8-20-4-3-19-7-14(11)20/h5-6,9,14,19H,3-4,7-8H2,1-2H3/t14-/m0/s1. The van der Waals surface area contributed by atoms with Gasteiger partial charge in [-0.05, 0) is 37.1 Å². The SMILES string of the molecule is CC(C)Oc1cc2c(c(C(F)(F)F)c1)CN1CCNC[C@@H]21. The first-order valence-electron chi connectivity index (χ1n) is 7.21. The molecule has 1 aromatic rings. The van der Waals surface area contributed by atoms with Crippen LogP contribution in [0.2, 0.25) is 0 Å². The largest absolute Gasteiger partial charge is 0.491 e. The number of piperazine rings is 1. The number of benzene rings is 1. The highest BCUT2D eigenvalue weighted by molar-refractivity contribution is 5.48. The minimum atomic E-state index is -4.34. The maximum atomic E-state index is 13.3. The van der Waals surface area contributed by atoms with Gasteiger partial charge in [0.05, 0.1) is 11.7 Å². The number of fused-ring (bicyclic) bond motifs is 3. The number of halogens is 3. The molecule has 1 aromatic carbocycles. The van der Waals surface area contributed by atoms with Crippen LogP contribution in [0.3, 0.4) is 0 Å². The maximum absolute atomic E-state index is 13.3. The maximum Gasteiger partial charge on any atom is 0.416 e. The van der Waals surface area contributed by atoms with Gasteiger partial charge in [-0.15, -0.1) is 0 Å². The molecule has 0 unspecified atom stereocenters. The fourth-order valence-corrected chi connectivity index (χ4v) is 3.18. The topological polar surface area (TPSA) is 24.5 Å². The van der Waals surface area contributed by atoms with Crippen molar-refractivity contribution >= 4 is 0 Å². The summed E-state index contributed by atoms with van der Waals surface area (Å²) >= 11 is 0. The zero-order valence-corrected chi connectivity index (χ0v) is 12.1. The third-order valence-corrected chi connectivity index (χ3v) is 4.01. The highest BCUT2D eigenvalue weighted by Crippen LogP contribution is 2.44. The second-order valence-electron chi connectivity index (χ2n) is 5.89. The molecule has 1 atom stereocenters. The number of nitrogens with one attached hydrogen (secondary N) is 1. The fourth-order valence-electron chi connectivity index (χ4n) is 3.18. The minimum absolute atomic E-state index is 0.0190. The predicted molar refractivity (Wildman–Crippen MR) is 73.2 cm³/mol. The van der Waals surface area contributed by atoms with Gasteiger partial charge >= 0.3 is 6.18 Å². The van der Waals surface area contributed by atoms with E-state index >= 15 is 0 Å². The molecule has 0 saturated carbocycles. The molecule has 116 valence electrons. The zero-order valence-electron chi connectivity index (χ0n) is 12.1. The van der Waals surface area contributed by atoms with Gasteiger partial charge < -0.3 is 10.1 Å². The second kappa shape index (κ2) is 5.18. The molecule has 0 aliphatic carbocycles. The van der Waals surface area contributed by atoms with Crippen LogP contribution in [0.5, 0.6) is 5.75 Å². The molecule has 0 spiro atoms. The number of ether oxygens (including phenoxy) is 1. The highest BCUT2D eigenvalue weighted by atomic mass is 19.4. The Kier molecular flexibility index (Phi) is 3.61. The van der Waals surface area contributed by atoms with Crippen LogP contribution < -0.4 is 10.1 Å². The summed E-state index contributed by atoms with van der Waals surface area (Å²) in [6.45, 7) is 6.29. The van der Waals surface area contributed by atoms with Gasteiger partial charge in [-0.25, -0.2) is 0 Å². The molecule has 3 rings (SSSR count). The molecule has 3 nitrogen and oxygen atoms in total. The van der Waals surface area contributed by atoms with Crippen molar-refractivity contribution in [2.24, 2.45) is 0 Å². The molecule has 2 aliphatic heterocycles. The van der Waals surface area contributed by atoms with Crippen LogP contribution in [-0.2, 0) is 12.7 Å². The predicted octanol–water partition coefficient (Wildman–Crippen LogP) is 2.95. The molecule has 2 aliphatic rings. The van der Waals surface area contributed by atoms with Crippen molar-refractivity contribution in [3.63, 3.8) is 0 Å². The van der Waals surface area contributed by atoms with Crippen molar-refractivity contribution in [1.82, 2.24) is 10.2 Å². The third-order valence-electron chi connectivity index (χ3n) is 4.01. The zero-order chi connectivity index (χ0) is 15.2. The van der Waals surface area contributed by atoms with E-state index in [0.29, 0.717) is 24.4 Å². The van der Waals surface area contributed by atoms with Gasteiger partial charge in [0, 0.05) is 32.2 Å². The van der Waals surface area contributed by atoms with E-state index < -0.39 is 11.7 Å². The Morgan fingerprint density at radius 2 is 2.10 bits per heavy atom. The van der Waals surface area contributed by atoms with E-state index in [0.717, 1.165) is 24.7 Å². The van der Waals surface area contributed by atoms with E-state index in [1.165, 1.54) is 0 Å². The summed E-state index contributed by atoms with van der Waals surface area (Å²) in [6, 6.07) is 2.94. The number of hydrogen-bond donors (Lipinski definition) is 1. The second-order valence-corrected chi connectivity index (χ2v) is 5.89. The van der Waals surface area contributed by atoms with Gasteiger partial charge in [0.15, 0.2) is 0 Å². The van der Waals surface area contributed by atoms with Crippen molar-refractivity contribution < 1.29 is 17.9 Å². The van der Waals surface area contributed by atoms with Crippen molar-refractivity contribution in [2.45, 2.75) is 38.7 Å². The Morgan fingerprint density at radius 3 is 2.76 bits per heavy atom. The van der Waals surface area contributed by atoms with Crippen LogP contribution >= 0.6 is 0 Å². The molecule has 2 heterocycles. The lowest BCUT2D eigenvalue weighted by Gasteiger charge is -2.30. The lowest BCUT2D eigenvalue weighted by atomic mass is 9.98. The first kappa shape index (κ1) is 14.7. The van der Waals surface area contributed by atoms with Crippen molar-refractivity contribution in [3.8, 4) is 5.75 Å². The summed E-state index contributed by atoms with van der Waals surface area (Å²) in [5, 5.41) is 3.25. The average molecular weight is 300 g/mol.